The maximum Gasteiger partial charge on any atom is 0.409 e. The van der Waals surface area contributed by atoms with E-state index >= 15 is 0 Å². The molecule has 0 radical (unpaired) electrons. The molecule has 148 heavy (non-hydrogen) atoms. The predicted molar refractivity (Wildman–Crippen MR) is 571 cm³/mol. The number of rotatable bonds is 30. The number of benzene rings is 4. The highest BCUT2D eigenvalue weighted by atomic mass is 32.3. The van der Waals surface area contributed by atoms with Gasteiger partial charge in [-0.3, -0.25) is 33.0 Å². The van der Waals surface area contributed by atoms with Crippen LogP contribution in [0.15, 0.2) is 142 Å². The average Bonchev–Trinajstić information content (AvgIpc) is 1.58. The van der Waals surface area contributed by atoms with Gasteiger partial charge >= 0.3 is 12.2 Å². The van der Waals surface area contributed by atoms with E-state index in [2.05, 4.69) is 65.7 Å². The average molecular weight is 2220 g/mol. The summed E-state index contributed by atoms with van der Waals surface area (Å²) in [6, 6.07) is 25.0. The van der Waals surface area contributed by atoms with Gasteiger partial charge in [0.1, 0.15) is 30.6 Å². The molecular formula is C100H115N15O23S10. The lowest BCUT2D eigenvalue weighted by molar-refractivity contribution is -0.111. The molecule has 38 nitrogen and oxygen atoms in total. The number of thiophene rings is 3. The normalized spacial score (nSPS) is 19.4. The van der Waals surface area contributed by atoms with Gasteiger partial charge in [0, 0.05) is 141 Å². The SMILES string of the molecule is CCCNC(=O)c1c(C)[nH]c(/C=C2\C(=O)Nc3ccc(C(NS(=O)(=O)c4cc5c(s4)S(=O)(=O)[C@@H](C)C[C@@H]5N(CC)C(=O)OC)S(=O)c4ccccc4)cc32)c1C.CCCNC(=O)c1c(C)[nH]c(/C=C2\C(=O)Nc3ccc(C=NS(=O)(=O)c4cc5c(s4)S(=O)(=O)[C@@H](C)C[C@@H]5N(CC)C(=O)OC)cc32)c1C.CCCNC(=O)c1c(C)[nH]c(/C=C2\C(=O)Nc3ccc(C=NS(=O)(=O)c4cc5c(s4)S(=O)(=O)[C@@H](C)C[C@@H]5NCC)cc32)c1C. The summed E-state index contributed by atoms with van der Waals surface area (Å²) in [4.78, 5) is 115. The number of aromatic amines is 3. The van der Waals surface area contributed by atoms with Crippen molar-refractivity contribution in [2.24, 2.45) is 8.80 Å². The third-order valence-electron chi connectivity index (χ3n) is 26.2. The molecule has 0 saturated carbocycles. The number of hydrogen-bond donors (Lipinski definition) is 11. The Morgan fingerprint density at radius 3 is 1.20 bits per heavy atom. The van der Waals surface area contributed by atoms with Gasteiger partial charge in [0.25, 0.3) is 65.5 Å². The molecule has 0 fully saturated rings. The van der Waals surface area contributed by atoms with Gasteiger partial charge in [0.15, 0.2) is 29.5 Å². The Labute approximate surface area is 873 Å². The Bertz CT molecular complexity index is 7980. The first-order valence-corrected chi connectivity index (χ1v) is 60.2. The summed E-state index contributed by atoms with van der Waals surface area (Å²) in [6.07, 6.45) is 8.80. The third-order valence-corrected chi connectivity index (χ3v) is 44.9. The number of hydrogen-bond acceptors (Lipinski definition) is 27. The first kappa shape index (κ1) is 111. The van der Waals surface area contributed by atoms with Gasteiger partial charge in [-0.2, -0.15) is 30.4 Å². The van der Waals surface area contributed by atoms with E-state index in [0.29, 0.717) is 189 Å². The van der Waals surface area contributed by atoms with E-state index < -0.39 is 122 Å². The summed E-state index contributed by atoms with van der Waals surface area (Å²) in [5.41, 5.74) is 13.1. The van der Waals surface area contributed by atoms with E-state index in [4.69, 9.17) is 9.47 Å². The zero-order chi connectivity index (χ0) is 108. The summed E-state index contributed by atoms with van der Waals surface area (Å²) in [7, 11) is -24.2. The van der Waals surface area contributed by atoms with Crippen molar-refractivity contribution in [2.75, 3.05) is 69.4 Å². The zero-order valence-corrected chi connectivity index (χ0v) is 92.2. The van der Waals surface area contributed by atoms with E-state index in [9.17, 15) is 93.1 Å². The Morgan fingerprint density at radius 1 is 0.480 bits per heavy atom. The van der Waals surface area contributed by atoms with Crippen LogP contribution in [-0.2, 0) is 94.2 Å². The molecule has 8 amide bonds. The van der Waals surface area contributed by atoms with Crippen LogP contribution in [0.3, 0.4) is 0 Å². The monoisotopic (exact) mass is 2210 g/mol. The fourth-order valence-electron chi connectivity index (χ4n) is 18.4. The number of nitrogens with one attached hydrogen (secondary N) is 11. The minimum Gasteiger partial charge on any atom is -0.453 e. The van der Waals surface area contributed by atoms with Crippen LogP contribution in [0.4, 0.5) is 26.7 Å². The molecule has 11 N–H and O–H groups in total. The molecule has 6 aliphatic rings. The highest BCUT2D eigenvalue weighted by Crippen LogP contribution is 2.50. The smallest absolute Gasteiger partial charge is 0.409 e. The largest absolute Gasteiger partial charge is 0.453 e. The summed E-state index contributed by atoms with van der Waals surface area (Å²) in [5.74, 6) is -1.75. The maximum absolute atomic E-state index is 14.3. The summed E-state index contributed by atoms with van der Waals surface area (Å²) in [5, 5.41) is 16.5. The topological polar surface area (TPSA) is 552 Å². The van der Waals surface area contributed by atoms with Gasteiger partial charge in [-0.05, 0) is 240 Å². The molecule has 2 unspecified atom stereocenters. The quantitative estimate of drug-likeness (QED) is 0.0147. The van der Waals surface area contributed by atoms with Crippen molar-refractivity contribution in [1.82, 2.24) is 50.7 Å². The second-order valence-electron chi connectivity index (χ2n) is 36.1. The molecule has 0 spiro atoms. The second kappa shape index (κ2) is 44.7. The van der Waals surface area contributed by atoms with Gasteiger partial charge in [0.05, 0.1) is 86.3 Å². The number of H-pyrrole nitrogens is 3. The molecule has 10 aromatic rings. The standard InChI is InChI=1S/C38H43N5O9S4.C32H37N5O8S3.C30H35N5O6S3/c1-7-16-39-35(45)33-22(4)30(40-23(33)5)19-27-26-18-24(14-15-29(26)41-34(27)44)36(54(47)25-12-10-9-11-13-25)42-56(50,51)32-20-28-31(43(8-2)38(46)52-6)17-21(3)55(48,49)37(28)53-32;1-7-11-33-30(39)28-18(4)25(35-19(28)5)14-22-21-13-20(9-10-24(21)36-29(22)38)16-34-48(43,44)27-15-23-26(37(8-2)32(40)45-6)12-17(3)47(41,42)31(23)46-27;1-6-10-32-29(37)27-17(4)24(34-18(27)5)13-21-20-12-19(8-9-23(20)35-28(21)36)15-33-44(40,41)26-14-22-25(31-7-2)11-16(3)43(38,39)30(22)42-26/h9-15,18-21,31,36,40,42H,7-8,16-17H2,1-6H3,(H,39,45)(H,41,44);9-10,13-17,26,35H,7-8,11-12H2,1-6H3,(H,33,39)(H,36,38);8-9,12-16,25,31,34H,6-7,10-11H2,1-5H3,(H,32,37)(H,35,36)/b27-19-;22-14-,34-16?;21-13-,33-15?/t21-,31-,36?,54?;17-,26-;16-,25-/m000/s1. The fourth-order valence-corrected chi connectivity index (χ4v) is 34.9. The summed E-state index contributed by atoms with van der Waals surface area (Å²) < 4.78 is 195. The number of anilines is 3. The number of carbonyl (C=O) groups excluding carboxylic acids is 8. The number of nitrogens with zero attached hydrogens (tertiary/aromatic N) is 4. The first-order chi connectivity index (χ1) is 69.9. The molecule has 16 rings (SSSR count). The number of ether oxygens (including phenoxy) is 2. The molecule has 6 aliphatic heterocycles. The number of aryl methyl sites for hydroxylation is 3. The van der Waals surface area contributed by atoms with Gasteiger partial charge in [-0.15, -0.1) is 34.0 Å². The summed E-state index contributed by atoms with van der Waals surface area (Å²) in [6.45, 7) is 29.3. The number of carbonyl (C=O) groups is 8. The molecule has 6 aromatic heterocycles. The number of methoxy groups -OCH3 is 2. The molecular weight excluding hydrogens is 2100 g/mol. The van der Waals surface area contributed by atoms with E-state index in [0.717, 1.165) is 36.8 Å². The minimum atomic E-state index is -4.58. The van der Waals surface area contributed by atoms with Crippen molar-refractivity contribution >= 4 is 216 Å². The number of fused-ring (bicyclic) bond motifs is 6. The lowest BCUT2D eigenvalue weighted by Crippen LogP contribution is -2.40. The van der Waals surface area contributed by atoms with Gasteiger partial charge in [0.2, 0.25) is 0 Å². The molecule has 788 valence electrons. The van der Waals surface area contributed by atoms with Gasteiger partial charge in [-0.1, -0.05) is 64.1 Å². The minimum absolute atomic E-state index is 0.0370. The second-order valence-corrected chi connectivity index (χ2v) is 54.1. The molecule has 0 saturated heterocycles. The fraction of sp³-hybridized carbons (Fsp3) is 0.360. The van der Waals surface area contributed by atoms with E-state index in [1.165, 1.54) is 62.3 Å². The van der Waals surface area contributed by atoms with Crippen molar-refractivity contribution in [3.05, 3.63) is 221 Å². The van der Waals surface area contributed by atoms with E-state index in [1.807, 2.05) is 34.6 Å². The molecule has 48 heteroatoms. The third kappa shape index (κ3) is 22.3. The molecule has 4 aromatic carbocycles. The van der Waals surface area contributed by atoms with Crippen LogP contribution in [-0.4, -0.2) is 209 Å². The van der Waals surface area contributed by atoms with Crippen LogP contribution < -0.4 is 41.9 Å². The lowest BCUT2D eigenvalue weighted by atomic mass is 10.0. The number of sulfone groups is 3. The Kier molecular flexibility index (Phi) is 33.6. The van der Waals surface area contributed by atoms with Gasteiger partial charge in [-0.25, -0.2) is 43.3 Å². The van der Waals surface area contributed by atoms with Crippen LogP contribution >= 0.6 is 34.0 Å². The van der Waals surface area contributed by atoms with E-state index in [1.54, 1.807) is 159 Å². The number of sulfonamides is 3. The van der Waals surface area contributed by atoms with Gasteiger partial charge < -0.3 is 71.4 Å². The van der Waals surface area contributed by atoms with Crippen LogP contribution in [0.5, 0.6) is 0 Å². The maximum atomic E-state index is 14.3. The summed E-state index contributed by atoms with van der Waals surface area (Å²) >= 11 is 1.90. The number of aromatic nitrogens is 3. The van der Waals surface area contributed by atoms with Crippen LogP contribution in [0, 0.1) is 41.5 Å². The van der Waals surface area contributed by atoms with Crippen molar-refractivity contribution in [2.45, 2.75) is 212 Å². The van der Waals surface area contributed by atoms with E-state index in [-0.39, 0.29) is 109 Å². The number of amides is 8. The van der Waals surface area contributed by atoms with Crippen LogP contribution in [0.1, 0.15) is 256 Å². The first-order valence-electron chi connectivity index (χ1n) is 47.5. The molecule has 8 atom stereocenters. The van der Waals surface area contributed by atoms with Crippen molar-refractivity contribution in [3.8, 4) is 0 Å². The van der Waals surface area contributed by atoms with Crippen LogP contribution in [0.25, 0.3) is 34.9 Å². The highest BCUT2D eigenvalue weighted by molar-refractivity contribution is 7.97. The zero-order valence-electron chi connectivity index (χ0n) is 84.0. The van der Waals surface area contributed by atoms with Crippen LogP contribution in [0.2, 0.25) is 0 Å². The lowest BCUT2D eigenvalue weighted by Gasteiger charge is -2.34. The highest BCUT2D eigenvalue weighted by Gasteiger charge is 2.47. The van der Waals surface area contributed by atoms with Crippen molar-refractivity contribution < 1.29 is 103 Å². The Hall–Kier alpha value is -12.5. The Morgan fingerprint density at radius 2 is 0.831 bits per heavy atom. The Balaban J connectivity index is 0.000000177. The van der Waals surface area contributed by atoms with Crippen molar-refractivity contribution in [3.63, 3.8) is 0 Å². The molecule has 12 heterocycles. The van der Waals surface area contributed by atoms with Crippen molar-refractivity contribution in [1.29, 1.82) is 0 Å². The predicted octanol–water partition coefficient (Wildman–Crippen LogP) is 15.0. The molecule has 0 aliphatic carbocycles. The molecule has 0 bridgehead atoms.